The molecule has 0 saturated heterocycles. The summed E-state index contributed by atoms with van der Waals surface area (Å²) in [6.45, 7) is 13.0. The second-order valence-electron chi connectivity index (χ2n) is 5.98. The van der Waals surface area contributed by atoms with Gasteiger partial charge in [0.05, 0.1) is 5.57 Å². The van der Waals surface area contributed by atoms with Gasteiger partial charge >= 0.3 is 5.97 Å². The van der Waals surface area contributed by atoms with Crippen LogP contribution in [-0.2, 0) is 9.53 Å². The summed E-state index contributed by atoms with van der Waals surface area (Å²) < 4.78 is 6.33. The Kier molecular flexibility index (Phi) is 6.83. The van der Waals surface area contributed by atoms with Crippen molar-refractivity contribution in [1.82, 2.24) is 0 Å². The molecular weight excluding hydrogens is 254 g/mol. The molecule has 0 aliphatic carbocycles. The summed E-state index contributed by atoms with van der Waals surface area (Å²) in [6, 6.07) is -0.215. The molecule has 0 aromatic heterocycles. The zero-order valence-corrected chi connectivity index (χ0v) is 14.0. The second-order valence-corrected chi connectivity index (χ2v) is 5.98. The van der Waals surface area contributed by atoms with E-state index in [2.05, 4.69) is 0 Å². The maximum Gasteiger partial charge on any atom is 0.338 e. The molecule has 0 fully saturated rings. The van der Waals surface area contributed by atoms with Gasteiger partial charge in [-0.05, 0) is 47.1 Å². The Morgan fingerprint density at radius 1 is 1.30 bits per heavy atom. The van der Waals surface area contributed by atoms with Gasteiger partial charge in [-0.15, -0.1) is 0 Å². The number of carbonyl (C=O) groups excluding carboxylic acids is 1. The van der Waals surface area contributed by atoms with Crippen molar-refractivity contribution >= 4 is 5.97 Å². The third-order valence-corrected chi connectivity index (χ3v) is 3.23. The molecule has 0 aliphatic rings. The monoisotopic (exact) mass is 282 g/mol. The first-order valence-corrected chi connectivity index (χ1v) is 7.02. The van der Waals surface area contributed by atoms with Gasteiger partial charge in [-0.2, -0.15) is 0 Å². The van der Waals surface area contributed by atoms with E-state index in [4.69, 9.17) is 4.74 Å². The maximum atomic E-state index is 12.2. The van der Waals surface area contributed by atoms with E-state index in [0.29, 0.717) is 12.0 Å². The molecule has 4 heteroatoms. The minimum absolute atomic E-state index is 0.215. The average Bonchev–Trinajstić information content (AvgIpc) is 2.27. The summed E-state index contributed by atoms with van der Waals surface area (Å²) in [5, 5.41) is 0. The number of nitrogens with zero attached hydrogens (tertiary/aromatic N) is 1. The third kappa shape index (κ3) is 5.27. The van der Waals surface area contributed by atoms with Crippen LogP contribution in [0.15, 0.2) is 22.8 Å². The van der Waals surface area contributed by atoms with Crippen molar-refractivity contribution in [2.45, 2.75) is 66.5 Å². The van der Waals surface area contributed by atoms with Crippen molar-refractivity contribution in [2.75, 3.05) is 7.05 Å². The molecule has 0 radical (unpaired) electrons. The summed E-state index contributed by atoms with van der Waals surface area (Å²) in [6.07, 6.45) is 2.44. The van der Waals surface area contributed by atoms with Crippen LogP contribution in [0.2, 0.25) is 0 Å². The molecule has 0 spiro atoms. The normalized spacial score (nSPS) is 15.5. The van der Waals surface area contributed by atoms with Gasteiger partial charge in [0.15, 0.2) is 7.05 Å². The van der Waals surface area contributed by atoms with E-state index in [1.165, 1.54) is 7.05 Å². The van der Waals surface area contributed by atoms with Crippen molar-refractivity contribution < 1.29 is 14.3 Å². The number of hydrogen-bond donors (Lipinski definition) is 0. The third-order valence-electron chi connectivity index (χ3n) is 3.23. The van der Waals surface area contributed by atoms with E-state index in [1.807, 2.05) is 41.5 Å². The molecule has 1 atom stereocenters. The van der Waals surface area contributed by atoms with Crippen LogP contribution in [0.1, 0.15) is 54.9 Å². The van der Waals surface area contributed by atoms with Gasteiger partial charge in [-0.1, -0.05) is 13.0 Å². The van der Waals surface area contributed by atoms with Crippen LogP contribution >= 0.6 is 0 Å². The summed E-state index contributed by atoms with van der Waals surface area (Å²) >= 11 is 0. The number of rotatable bonds is 5. The predicted octanol–water partition coefficient (Wildman–Crippen LogP) is 3.80. The Bertz CT molecular complexity index is 439. The van der Waals surface area contributed by atoms with Crippen molar-refractivity contribution in [3.63, 3.8) is 0 Å². The van der Waals surface area contributed by atoms with Crippen molar-refractivity contribution in [2.24, 2.45) is 0 Å². The fourth-order valence-corrected chi connectivity index (χ4v) is 2.12. The first-order valence-electron chi connectivity index (χ1n) is 7.02. The highest BCUT2D eigenvalue weighted by atomic mass is 16.6. The molecule has 0 saturated carbocycles. The van der Waals surface area contributed by atoms with E-state index in [9.17, 15) is 9.70 Å². The molecular formula is C16H28NO3+. The molecule has 0 heterocycles. The molecule has 0 aromatic carbocycles. The maximum absolute atomic E-state index is 12.2. The standard InChI is InChI=1S/C16H28NO3/c1-9-13(15(18)20-16(5,6)7)11(3)12(4)14(10-2)17(8)19/h9,14H,10H2,1-8H3/q+1/b12-11-,13-9+. The number of esters is 1. The molecule has 20 heavy (non-hydrogen) atoms. The highest BCUT2D eigenvalue weighted by Crippen LogP contribution is 2.23. The zero-order valence-electron chi connectivity index (χ0n) is 14.0. The topological polar surface area (TPSA) is 46.4 Å². The molecule has 0 N–H and O–H groups in total. The number of likely N-dealkylation sites (N-methyl/N-ethyl adjacent to an activating group) is 1. The lowest BCUT2D eigenvalue weighted by Crippen LogP contribution is -2.27. The van der Waals surface area contributed by atoms with E-state index in [1.54, 1.807) is 13.0 Å². The van der Waals surface area contributed by atoms with Gasteiger partial charge in [0.1, 0.15) is 5.60 Å². The molecule has 0 rings (SSSR count). The van der Waals surface area contributed by atoms with Gasteiger partial charge in [-0.25, -0.2) is 4.79 Å². The highest BCUT2D eigenvalue weighted by Gasteiger charge is 2.26. The van der Waals surface area contributed by atoms with Crippen LogP contribution in [0.25, 0.3) is 0 Å². The molecule has 0 bridgehead atoms. The minimum Gasteiger partial charge on any atom is -0.456 e. The first kappa shape index (κ1) is 18.6. The molecule has 0 amide bonds. The van der Waals surface area contributed by atoms with Crippen molar-refractivity contribution in [3.8, 4) is 0 Å². The van der Waals surface area contributed by atoms with Gasteiger partial charge in [-0.3, -0.25) is 0 Å². The van der Waals surface area contributed by atoms with Crippen LogP contribution in [-0.4, -0.2) is 29.4 Å². The van der Waals surface area contributed by atoms with Crippen LogP contribution in [0.3, 0.4) is 0 Å². The zero-order chi connectivity index (χ0) is 16.1. The largest absolute Gasteiger partial charge is 0.456 e. The average molecular weight is 282 g/mol. The fraction of sp³-hybridized carbons (Fsp3) is 0.688. The predicted molar refractivity (Wildman–Crippen MR) is 81.6 cm³/mol. The molecule has 0 aliphatic heterocycles. The lowest BCUT2D eigenvalue weighted by Gasteiger charge is -2.21. The summed E-state index contributed by atoms with van der Waals surface area (Å²) in [5.74, 6) is -0.347. The SMILES string of the molecule is C/C=C(C(=O)OC(C)(C)C)\C(C)=C(\C)C(CC)[N+](C)=O. The van der Waals surface area contributed by atoms with Crippen LogP contribution < -0.4 is 0 Å². The molecule has 1 unspecified atom stereocenters. The van der Waals surface area contributed by atoms with Gasteiger partial charge in [0.25, 0.3) is 0 Å². The quantitative estimate of drug-likeness (QED) is 0.333. The number of carbonyl (C=O) groups is 1. The Hall–Kier alpha value is -1.45. The second kappa shape index (κ2) is 7.36. The smallest absolute Gasteiger partial charge is 0.338 e. The van der Waals surface area contributed by atoms with Gasteiger partial charge < -0.3 is 4.74 Å². The van der Waals surface area contributed by atoms with Gasteiger partial charge in [0.2, 0.25) is 6.04 Å². The van der Waals surface area contributed by atoms with Crippen LogP contribution in [0, 0.1) is 4.91 Å². The Balaban J connectivity index is 5.46. The Labute approximate surface area is 122 Å². The van der Waals surface area contributed by atoms with E-state index >= 15 is 0 Å². The lowest BCUT2D eigenvalue weighted by atomic mass is 9.95. The summed E-state index contributed by atoms with van der Waals surface area (Å²) in [4.78, 5) is 23.8. The van der Waals surface area contributed by atoms with Crippen molar-refractivity contribution in [1.29, 1.82) is 0 Å². The summed E-state index contributed by atoms with van der Waals surface area (Å²) in [5.41, 5.74) is 1.72. The van der Waals surface area contributed by atoms with E-state index in [-0.39, 0.29) is 12.0 Å². The van der Waals surface area contributed by atoms with Crippen LogP contribution in [0.4, 0.5) is 0 Å². The van der Waals surface area contributed by atoms with E-state index in [0.717, 1.165) is 15.9 Å². The van der Waals surface area contributed by atoms with Gasteiger partial charge in [0, 0.05) is 21.7 Å². The first-order chi connectivity index (χ1) is 9.05. The number of allylic oxidation sites excluding steroid dienone is 1. The molecule has 0 aromatic rings. The minimum atomic E-state index is -0.529. The molecule has 114 valence electrons. The summed E-state index contributed by atoms with van der Waals surface area (Å²) in [7, 11) is 1.51. The lowest BCUT2D eigenvalue weighted by molar-refractivity contribution is -0.549. The highest BCUT2D eigenvalue weighted by molar-refractivity contribution is 5.93. The van der Waals surface area contributed by atoms with Crippen molar-refractivity contribution in [3.05, 3.63) is 27.7 Å². The number of ether oxygens (including phenoxy) is 1. The van der Waals surface area contributed by atoms with Crippen LogP contribution in [0.5, 0.6) is 0 Å². The fourth-order valence-electron chi connectivity index (χ4n) is 2.12. The molecule has 4 nitrogen and oxygen atoms in total. The number of hydrogen-bond acceptors (Lipinski definition) is 3. The number of nitroso groups, excluding NO2 is 1. The Morgan fingerprint density at radius 3 is 2.10 bits per heavy atom. The Morgan fingerprint density at radius 2 is 1.80 bits per heavy atom. The van der Waals surface area contributed by atoms with E-state index < -0.39 is 5.60 Å².